The number of benzene rings is 1. The van der Waals surface area contributed by atoms with Crippen LogP contribution < -0.4 is 5.32 Å². The third kappa shape index (κ3) is 7.57. The molecule has 2 N–H and O–H groups in total. The molecular formula is C17H21NO8S. The second-order valence-electron chi connectivity index (χ2n) is 5.84. The molecule has 0 fully saturated rings. The number of Topliss-reactive ketones (excluding diaryl/α,β-unsaturated/α-hetero) is 1. The number of esters is 1. The Kier molecular flexibility index (Phi) is 8.10. The number of ether oxygens (including phenoxy) is 1. The minimum atomic E-state index is -3.89. The molecule has 0 aliphatic heterocycles. The number of carboxylic acids is 1. The van der Waals surface area contributed by atoms with Crippen LogP contribution >= 0.6 is 0 Å². The molecule has 1 aromatic rings. The average Bonchev–Trinajstić information content (AvgIpc) is 2.58. The van der Waals surface area contributed by atoms with E-state index in [-0.39, 0.29) is 5.75 Å². The van der Waals surface area contributed by atoms with Gasteiger partial charge in [-0.15, -0.1) is 0 Å². The summed E-state index contributed by atoms with van der Waals surface area (Å²) in [5.41, 5.74) is 0.491. The quantitative estimate of drug-likeness (QED) is 0.527. The van der Waals surface area contributed by atoms with Crippen LogP contribution in [0.5, 0.6) is 0 Å². The van der Waals surface area contributed by atoms with Crippen molar-refractivity contribution in [2.75, 3.05) is 6.61 Å². The number of ketones is 1. The van der Waals surface area contributed by atoms with Gasteiger partial charge in [-0.1, -0.05) is 30.3 Å². The van der Waals surface area contributed by atoms with Crippen LogP contribution in [-0.2, 0) is 39.5 Å². The molecule has 27 heavy (non-hydrogen) atoms. The molecule has 1 aromatic carbocycles. The Hall–Kier alpha value is -2.75. The number of carboxylic acid groups (broad SMARTS) is 1. The zero-order chi connectivity index (χ0) is 20.6. The molecule has 0 heterocycles. The highest BCUT2D eigenvalue weighted by Gasteiger charge is 2.32. The van der Waals surface area contributed by atoms with Gasteiger partial charge in [0.05, 0.1) is 12.2 Å². The topological polar surface area (TPSA) is 144 Å². The van der Waals surface area contributed by atoms with E-state index in [1.807, 2.05) is 0 Å². The summed E-state index contributed by atoms with van der Waals surface area (Å²) in [6, 6.07) is 6.72. The van der Waals surface area contributed by atoms with Crippen LogP contribution in [0.4, 0.5) is 0 Å². The predicted molar refractivity (Wildman–Crippen MR) is 94.4 cm³/mol. The number of hydrogen-bond donors (Lipinski definition) is 2. The first-order valence-electron chi connectivity index (χ1n) is 7.96. The fraction of sp³-hybridized carbons (Fsp3) is 0.412. The first-order chi connectivity index (χ1) is 12.5. The number of hydrogen-bond acceptors (Lipinski definition) is 7. The molecule has 10 heteroatoms. The van der Waals surface area contributed by atoms with Gasteiger partial charge in [-0.05, 0) is 12.5 Å². The van der Waals surface area contributed by atoms with Crippen LogP contribution in [0.15, 0.2) is 30.3 Å². The minimum Gasteiger partial charge on any atom is -0.481 e. The van der Waals surface area contributed by atoms with Gasteiger partial charge in [0.25, 0.3) is 0 Å². The average molecular weight is 399 g/mol. The maximum absolute atomic E-state index is 12.4. The number of amides is 1. The Morgan fingerprint density at radius 1 is 1.15 bits per heavy atom. The lowest BCUT2D eigenvalue weighted by atomic mass is 10.1. The molecule has 2 atom stereocenters. The van der Waals surface area contributed by atoms with Gasteiger partial charge in [0.15, 0.2) is 22.2 Å². The van der Waals surface area contributed by atoms with Crippen LogP contribution in [-0.4, -0.2) is 55.1 Å². The van der Waals surface area contributed by atoms with Crippen molar-refractivity contribution < 1.29 is 37.4 Å². The predicted octanol–water partition coefficient (Wildman–Crippen LogP) is 0.0816. The second-order valence-corrected chi connectivity index (χ2v) is 8.16. The number of nitrogens with one attached hydrogen (secondary N) is 1. The lowest BCUT2D eigenvalue weighted by molar-refractivity contribution is -0.147. The summed E-state index contributed by atoms with van der Waals surface area (Å²) < 4.78 is 29.3. The largest absolute Gasteiger partial charge is 0.481 e. The second kappa shape index (κ2) is 9.81. The Morgan fingerprint density at radius 3 is 2.26 bits per heavy atom. The third-order valence-electron chi connectivity index (χ3n) is 3.62. The molecule has 148 valence electrons. The van der Waals surface area contributed by atoms with Crippen molar-refractivity contribution in [2.45, 2.75) is 37.3 Å². The highest BCUT2D eigenvalue weighted by atomic mass is 32.2. The van der Waals surface area contributed by atoms with E-state index in [4.69, 9.17) is 5.11 Å². The van der Waals surface area contributed by atoms with Gasteiger partial charge < -0.3 is 15.2 Å². The van der Waals surface area contributed by atoms with Gasteiger partial charge in [0.1, 0.15) is 11.3 Å². The lowest BCUT2D eigenvalue weighted by Gasteiger charge is -2.19. The standard InChI is InChI=1S/C17H21NO8S/c1-11(27(24,25)10-13-6-4-3-5-7-13)17(23)18-14(8-16(21)22)15(20)9-26-12(2)19/h3-7,11,14H,8-10H2,1-2H3,(H,18,23)(H,21,22). The molecule has 0 aliphatic carbocycles. The Labute approximate surface area is 156 Å². The number of sulfone groups is 1. The monoisotopic (exact) mass is 399 g/mol. The highest BCUT2D eigenvalue weighted by molar-refractivity contribution is 7.92. The van der Waals surface area contributed by atoms with Crippen molar-refractivity contribution in [3.05, 3.63) is 35.9 Å². The van der Waals surface area contributed by atoms with Gasteiger partial charge >= 0.3 is 11.9 Å². The molecule has 0 saturated heterocycles. The van der Waals surface area contributed by atoms with Crippen LogP contribution in [0.2, 0.25) is 0 Å². The summed E-state index contributed by atoms with van der Waals surface area (Å²) in [7, 11) is -3.89. The van der Waals surface area contributed by atoms with E-state index in [1.54, 1.807) is 30.3 Å². The van der Waals surface area contributed by atoms with E-state index in [0.29, 0.717) is 5.56 Å². The molecule has 9 nitrogen and oxygen atoms in total. The maximum Gasteiger partial charge on any atom is 0.305 e. The van der Waals surface area contributed by atoms with Gasteiger partial charge in [0.2, 0.25) is 5.91 Å². The van der Waals surface area contributed by atoms with Gasteiger partial charge in [-0.3, -0.25) is 19.2 Å². The van der Waals surface area contributed by atoms with Gasteiger partial charge in [-0.2, -0.15) is 0 Å². The first-order valence-corrected chi connectivity index (χ1v) is 9.68. The molecule has 0 bridgehead atoms. The lowest BCUT2D eigenvalue weighted by Crippen LogP contribution is -2.49. The molecule has 1 amide bonds. The summed E-state index contributed by atoms with van der Waals surface area (Å²) >= 11 is 0. The van der Waals surface area contributed by atoms with Crippen LogP contribution in [0.1, 0.15) is 25.8 Å². The van der Waals surface area contributed by atoms with Crippen molar-refractivity contribution >= 4 is 33.5 Å². The van der Waals surface area contributed by atoms with Crippen LogP contribution in [0.3, 0.4) is 0 Å². The number of rotatable bonds is 10. The highest BCUT2D eigenvalue weighted by Crippen LogP contribution is 2.12. The molecule has 0 saturated carbocycles. The SMILES string of the molecule is CC(=O)OCC(=O)C(CC(=O)O)NC(=O)C(C)S(=O)(=O)Cc1ccccc1. The van der Waals surface area contributed by atoms with E-state index in [2.05, 4.69) is 10.1 Å². The van der Waals surface area contributed by atoms with E-state index in [1.165, 1.54) is 0 Å². The first kappa shape index (κ1) is 22.3. The normalized spacial score (nSPS) is 13.3. The third-order valence-corrected chi connectivity index (χ3v) is 5.65. The van der Waals surface area contributed by atoms with Crippen LogP contribution in [0.25, 0.3) is 0 Å². The van der Waals surface area contributed by atoms with Gasteiger partial charge in [-0.25, -0.2) is 8.42 Å². The summed E-state index contributed by atoms with van der Waals surface area (Å²) in [4.78, 5) is 45.9. The number of aliphatic carboxylic acids is 1. The molecule has 0 aromatic heterocycles. The van der Waals surface area contributed by atoms with Crippen molar-refractivity contribution in [3.8, 4) is 0 Å². The van der Waals surface area contributed by atoms with E-state index in [9.17, 15) is 27.6 Å². The fourth-order valence-electron chi connectivity index (χ4n) is 2.08. The molecule has 0 radical (unpaired) electrons. The fourth-order valence-corrected chi connectivity index (χ4v) is 3.38. The zero-order valence-corrected chi connectivity index (χ0v) is 15.7. The summed E-state index contributed by atoms with van der Waals surface area (Å²) in [5, 5.41) is 9.51. The number of carbonyl (C=O) groups excluding carboxylic acids is 3. The molecular weight excluding hydrogens is 378 g/mol. The van der Waals surface area contributed by atoms with E-state index in [0.717, 1.165) is 13.8 Å². The zero-order valence-electron chi connectivity index (χ0n) is 14.9. The van der Waals surface area contributed by atoms with Gasteiger partial charge in [0, 0.05) is 6.92 Å². The summed E-state index contributed by atoms with van der Waals surface area (Å²) in [6.07, 6.45) is -0.767. The van der Waals surface area contributed by atoms with E-state index < -0.39 is 57.8 Å². The van der Waals surface area contributed by atoms with Crippen LogP contribution in [0, 0.1) is 0 Å². The smallest absolute Gasteiger partial charge is 0.305 e. The minimum absolute atomic E-state index is 0.382. The molecule has 2 unspecified atom stereocenters. The Bertz CT molecular complexity index is 803. The maximum atomic E-state index is 12.4. The Balaban J connectivity index is 2.84. The molecule has 0 aliphatic rings. The molecule has 1 rings (SSSR count). The van der Waals surface area contributed by atoms with Crippen molar-refractivity contribution in [1.29, 1.82) is 0 Å². The molecule has 0 spiro atoms. The van der Waals surface area contributed by atoms with Crippen molar-refractivity contribution in [2.24, 2.45) is 0 Å². The van der Waals surface area contributed by atoms with Crippen molar-refractivity contribution in [1.82, 2.24) is 5.32 Å². The van der Waals surface area contributed by atoms with Crippen molar-refractivity contribution in [3.63, 3.8) is 0 Å². The summed E-state index contributed by atoms with van der Waals surface area (Å²) in [6.45, 7) is 1.50. The van der Waals surface area contributed by atoms with E-state index >= 15 is 0 Å². The summed E-state index contributed by atoms with van der Waals surface area (Å²) in [5.74, 6) is -4.37. The number of carbonyl (C=O) groups is 4. The Morgan fingerprint density at radius 2 is 1.74 bits per heavy atom.